The second-order valence-corrected chi connectivity index (χ2v) is 6.08. The van der Waals surface area contributed by atoms with Crippen molar-refractivity contribution in [2.75, 3.05) is 19.7 Å². The Morgan fingerprint density at radius 1 is 1.28 bits per heavy atom. The maximum Gasteiger partial charge on any atom is 0.137 e. The maximum absolute atomic E-state index is 13.4. The fourth-order valence-electron chi connectivity index (χ4n) is 3.01. The summed E-state index contributed by atoms with van der Waals surface area (Å²) in [6, 6.07) is 8.38. The van der Waals surface area contributed by atoms with Crippen LogP contribution in [-0.4, -0.2) is 55.2 Å². The number of nitrogens with zero attached hydrogens (tertiary/aromatic N) is 6. The van der Waals surface area contributed by atoms with Crippen molar-refractivity contribution in [3.05, 3.63) is 60.7 Å². The fourth-order valence-corrected chi connectivity index (χ4v) is 3.01. The van der Waals surface area contributed by atoms with Gasteiger partial charge in [0.15, 0.2) is 0 Å². The molecule has 0 radical (unpaired) electrons. The Morgan fingerprint density at radius 2 is 2.24 bits per heavy atom. The van der Waals surface area contributed by atoms with Gasteiger partial charge >= 0.3 is 0 Å². The largest absolute Gasteiger partial charge is 0.374 e. The van der Waals surface area contributed by atoms with Gasteiger partial charge in [-0.1, -0.05) is 6.07 Å². The summed E-state index contributed by atoms with van der Waals surface area (Å²) in [5.74, 6) is -0.265. The first-order chi connectivity index (χ1) is 12.3. The highest BCUT2D eigenvalue weighted by molar-refractivity contribution is 5.31. The van der Waals surface area contributed by atoms with Gasteiger partial charge in [0, 0.05) is 25.8 Å². The number of hydrogen-bond acceptors (Lipinski definition) is 5. The van der Waals surface area contributed by atoms with Gasteiger partial charge in [0.2, 0.25) is 0 Å². The summed E-state index contributed by atoms with van der Waals surface area (Å²) in [7, 11) is 0. The zero-order valence-corrected chi connectivity index (χ0v) is 13.7. The van der Waals surface area contributed by atoms with E-state index in [1.54, 1.807) is 21.8 Å². The van der Waals surface area contributed by atoms with E-state index in [1.165, 1.54) is 18.5 Å². The van der Waals surface area contributed by atoms with E-state index in [9.17, 15) is 4.39 Å². The van der Waals surface area contributed by atoms with Gasteiger partial charge in [-0.25, -0.2) is 14.1 Å². The Balaban J connectivity index is 1.38. The average molecular weight is 342 g/mol. The minimum atomic E-state index is -0.265. The van der Waals surface area contributed by atoms with Crippen molar-refractivity contribution < 1.29 is 9.13 Å². The molecule has 3 heterocycles. The van der Waals surface area contributed by atoms with Crippen LogP contribution in [0.4, 0.5) is 4.39 Å². The standard InChI is InChI=1S/C17H19FN6O/c18-14-2-1-3-16(8-14)24-5-4-15(21-24)9-22-6-7-25-17(10-22)11-23-13-19-12-20-23/h1-5,8,12-13,17H,6-7,9-11H2. The smallest absolute Gasteiger partial charge is 0.137 e. The van der Waals surface area contributed by atoms with Gasteiger partial charge in [-0.15, -0.1) is 0 Å². The first-order valence-corrected chi connectivity index (χ1v) is 8.23. The van der Waals surface area contributed by atoms with Gasteiger partial charge in [-0.3, -0.25) is 9.58 Å². The number of halogens is 1. The van der Waals surface area contributed by atoms with Crippen LogP contribution in [0.5, 0.6) is 0 Å². The molecule has 1 aromatic carbocycles. The third-order valence-electron chi connectivity index (χ3n) is 4.18. The fraction of sp³-hybridized carbons (Fsp3) is 0.353. The van der Waals surface area contributed by atoms with Gasteiger partial charge in [0.1, 0.15) is 18.5 Å². The number of benzene rings is 1. The second-order valence-electron chi connectivity index (χ2n) is 6.08. The first-order valence-electron chi connectivity index (χ1n) is 8.23. The molecule has 0 spiro atoms. The molecule has 25 heavy (non-hydrogen) atoms. The summed E-state index contributed by atoms with van der Waals surface area (Å²) in [6.07, 6.45) is 5.17. The highest BCUT2D eigenvalue weighted by Crippen LogP contribution is 2.13. The van der Waals surface area contributed by atoms with E-state index in [4.69, 9.17) is 4.74 Å². The first kappa shape index (κ1) is 15.9. The van der Waals surface area contributed by atoms with Crippen molar-refractivity contribution in [2.24, 2.45) is 0 Å². The molecule has 130 valence electrons. The highest BCUT2D eigenvalue weighted by atomic mass is 19.1. The molecule has 1 fully saturated rings. The van der Waals surface area contributed by atoms with Crippen molar-refractivity contribution in [2.45, 2.75) is 19.2 Å². The molecule has 2 aromatic heterocycles. The lowest BCUT2D eigenvalue weighted by Crippen LogP contribution is -2.43. The van der Waals surface area contributed by atoms with E-state index < -0.39 is 0 Å². The molecule has 7 nitrogen and oxygen atoms in total. The molecule has 0 aliphatic carbocycles. The molecule has 8 heteroatoms. The molecule has 3 aromatic rings. The quantitative estimate of drug-likeness (QED) is 0.703. The summed E-state index contributed by atoms with van der Waals surface area (Å²) in [5.41, 5.74) is 1.67. The van der Waals surface area contributed by atoms with Gasteiger partial charge in [0.05, 0.1) is 30.6 Å². The van der Waals surface area contributed by atoms with E-state index in [2.05, 4.69) is 20.1 Å². The molecule has 1 aliphatic heterocycles. The zero-order chi connectivity index (χ0) is 17.1. The molecular formula is C17H19FN6O. The van der Waals surface area contributed by atoms with Crippen LogP contribution in [0.1, 0.15) is 5.69 Å². The Hall–Kier alpha value is -2.58. The van der Waals surface area contributed by atoms with E-state index in [0.29, 0.717) is 13.2 Å². The molecule has 1 atom stereocenters. The lowest BCUT2D eigenvalue weighted by molar-refractivity contribution is -0.0406. The summed E-state index contributed by atoms with van der Waals surface area (Å²) >= 11 is 0. The molecule has 1 saturated heterocycles. The predicted molar refractivity (Wildman–Crippen MR) is 88.6 cm³/mol. The number of ether oxygens (including phenoxy) is 1. The topological polar surface area (TPSA) is 61.0 Å². The molecule has 1 unspecified atom stereocenters. The molecule has 1 aliphatic rings. The molecule has 0 amide bonds. The van der Waals surface area contributed by atoms with Crippen LogP contribution in [0.3, 0.4) is 0 Å². The van der Waals surface area contributed by atoms with Crippen molar-refractivity contribution in [3.63, 3.8) is 0 Å². The number of hydrogen-bond donors (Lipinski definition) is 0. The Labute approximate surface area is 144 Å². The van der Waals surface area contributed by atoms with Crippen LogP contribution in [0, 0.1) is 5.82 Å². The van der Waals surface area contributed by atoms with E-state index in [1.807, 2.05) is 18.3 Å². The van der Waals surface area contributed by atoms with Crippen LogP contribution in [0.2, 0.25) is 0 Å². The monoisotopic (exact) mass is 342 g/mol. The number of rotatable bonds is 5. The highest BCUT2D eigenvalue weighted by Gasteiger charge is 2.21. The third-order valence-corrected chi connectivity index (χ3v) is 4.18. The Morgan fingerprint density at radius 3 is 3.08 bits per heavy atom. The second kappa shape index (κ2) is 7.12. The Kier molecular flexibility index (Phi) is 4.53. The summed E-state index contributed by atoms with van der Waals surface area (Å²) in [5, 5.41) is 8.68. The minimum Gasteiger partial charge on any atom is -0.374 e. The van der Waals surface area contributed by atoms with Crippen molar-refractivity contribution >= 4 is 0 Å². The van der Waals surface area contributed by atoms with E-state index in [0.717, 1.165) is 31.0 Å². The van der Waals surface area contributed by atoms with Gasteiger partial charge in [-0.05, 0) is 24.3 Å². The summed E-state index contributed by atoms with van der Waals surface area (Å²) < 4.78 is 22.7. The van der Waals surface area contributed by atoms with Crippen molar-refractivity contribution in [1.82, 2.24) is 29.4 Å². The SMILES string of the molecule is Fc1cccc(-n2ccc(CN3CCOC(Cn4cncn4)C3)n2)c1. The van der Waals surface area contributed by atoms with Crippen molar-refractivity contribution in [3.8, 4) is 5.69 Å². The van der Waals surface area contributed by atoms with Crippen LogP contribution < -0.4 is 0 Å². The summed E-state index contributed by atoms with van der Waals surface area (Å²) in [6.45, 7) is 3.78. The zero-order valence-electron chi connectivity index (χ0n) is 13.7. The number of aromatic nitrogens is 5. The molecule has 4 rings (SSSR count). The molecule has 0 saturated carbocycles. The van der Waals surface area contributed by atoms with Crippen molar-refractivity contribution in [1.29, 1.82) is 0 Å². The van der Waals surface area contributed by atoms with Gasteiger partial charge < -0.3 is 4.74 Å². The van der Waals surface area contributed by atoms with Crippen LogP contribution in [0.15, 0.2) is 49.2 Å². The Bertz CT molecular complexity index is 818. The lowest BCUT2D eigenvalue weighted by Gasteiger charge is -2.32. The normalized spacial score (nSPS) is 18.5. The van der Waals surface area contributed by atoms with Gasteiger partial charge in [0.25, 0.3) is 0 Å². The van der Waals surface area contributed by atoms with E-state index >= 15 is 0 Å². The molecular weight excluding hydrogens is 323 g/mol. The third kappa shape index (κ3) is 3.92. The minimum absolute atomic E-state index is 0.0840. The molecule has 0 bridgehead atoms. The van der Waals surface area contributed by atoms with Crippen LogP contribution in [0.25, 0.3) is 5.69 Å². The average Bonchev–Trinajstić information content (AvgIpc) is 3.27. The molecule has 0 N–H and O–H groups in total. The summed E-state index contributed by atoms with van der Waals surface area (Å²) in [4.78, 5) is 6.26. The van der Waals surface area contributed by atoms with E-state index in [-0.39, 0.29) is 11.9 Å². The number of morpholine rings is 1. The maximum atomic E-state index is 13.4. The van der Waals surface area contributed by atoms with Gasteiger partial charge in [-0.2, -0.15) is 10.2 Å². The predicted octanol–water partition coefficient (Wildman–Crippen LogP) is 1.50. The van der Waals surface area contributed by atoms with Crippen LogP contribution in [-0.2, 0) is 17.8 Å². The van der Waals surface area contributed by atoms with Crippen LogP contribution >= 0.6 is 0 Å². The lowest BCUT2D eigenvalue weighted by atomic mass is 10.2.